The predicted octanol–water partition coefficient (Wildman–Crippen LogP) is 2.34. The maximum Gasteiger partial charge on any atom is 0.354 e. The van der Waals surface area contributed by atoms with Gasteiger partial charge in [0.25, 0.3) is 0 Å². The van der Waals surface area contributed by atoms with Crippen LogP contribution in [0.15, 0.2) is 30.0 Å². The molecule has 0 heterocycles. The Morgan fingerprint density at radius 3 is 2.57 bits per heavy atom. The molecule has 0 amide bonds. The molecular weight excluding hydrogens is 277 g/mol. The number of anilines is 1. The van der Waals surface area contributed by atoms with Gasteiger partial charge in [-0.05, 0) is 42.5 Å². The van der Waals surface area contributed by atoms with Gasteiger partial charge >= 0.3 is 11.9 Å². The molecule has 112 valence electrons. The number of carbonyl (C=O) groups is 2. The summed E-state index contributed by atoms with van der Waals surface area (Å²) in [6.07, 6.45) is 2.91. The van der Waals surface area contributed by atoms with Crippen LogP contribution in [0.2, 0.25) is 0 Å². The summed E-state index contributed by atoms with van der Waals surface area (Å²) in [6, 6.07) is 4.47. The van der Waals surface area contributed by atoms with Gasteiger partial charge in [0, 0.05) is 5.69 Å². The zero-order valence-corrected chi connectivity index (χ0v) is 11.8. The molecule has 0 radical (unpaired) electrons. The van der Waals surface area contributed by atoms with E-state index in [4.69, 9.17) is 0 Å². The number of nitrogens with one attached hydrogen (secondary N) is 1. The SMILES string of the molecule is COC(=O)/C=C(/Nc1ccc(F)c(C2CC2)c1)C(=O)OC. The summed E-state index contributed by atoms with van der Waals surface area (Å²) in [5, 5.41) is 2.76. The molecule has 0 bridgehead atoms. The van der Waals surface area contributed by atoms with Gasteiger partial charge in [-0.2, -0.15) is 0 Å². The minimum atomic E-state index is -0.710. The van der Waals surface area contributed by atoms with E-state index in [1.54, 1.807) is 6.07 Å². The second-order valence-electron chi connectivity index (χ2n) is 4.71. The number of benzene rings is 1. The van der Waals surface area contributed by atoms with Crippen LogP contribution >= 0.6 is 0 Å². The Morgan fingerprint density at radius 2 is 2.00 bits per heavy atom. The van der Waals surface area contributed by atoms with Gasteiger partial charge in [0.2, 0.25) is 0 Å². The zero-order chi connectivity index (χ0) is 15.4. The maximum atomic E-state index is 13.7. The summed E-state index contributed by atoms with van der Waals surface area (Å²) >= 11 is 0. The highest BCUT2D eigenvalue weighted by atomic mass is 19.1. The average Bonchev–Trinajstić information content (AvgIpc) is 3.32. The Kier molecular flexibility index (Phi) is 4.57. The number of hydrogen-bond donors (Lipinski definition) is 1. The second kappa shape index (κ2) is 6.39. The Morgan fingerprint density at radius 1 is 1.29 bits per heavy atom. The lowest BCUT2D eigenvalue weighted by atomic mass is 10.1. The van der Waals surface area contributed by atoms with Crippen LogP contribution in [0.3, 0.4) is 0 Å². The van der Waals surface area contributed by atoms with Gasteiger partial charge < -0.3 is 14.8 Å². The minimum Gasteiger partial charge on any atom is -0.466 e. The standard InChI is InChI=1S/C15H16FNO4/c1-20-14(18)8-13(15(19)21-2)17-10-5-6-12(16)11(7-10)9-3-4-9/h5-9,17H,3-4H2,1-2H3/b13-8+. The van der Waals surface area contributed by atoms with Crippen molar-refractivity contribution in [3.63, 3.8) is 0 Å². The van der Waals surface area contributed by atoms with Crippen molar-refractivity contribution in [2.75, 3.05) is 19.5 Å². The fourth-order valence-electron chi connectivity index (χ4n) is 1.92. The molecule has 0 aromatic heterocycles. The summed E-state index contributed by atoms with van der Waals surface area (Å²) in [7, 11) is 2.41. The van der Waals surface area contributed by atoms with Gasteiger partial charge in [-0.1, -0.05) is 0 Å². The summed E-state index contributed by atoms with van der Waals surface area (Å²) in [5.74, 6) is -1.43. The van der Waals surface area contributed by atoms with Crippen molar-refractivity contribution in [2.45, 2.75) is 18.8 Å². The second-order valence-corrected chi connectivity index (χ2v) is 4.71. The zero-order valence-electron chi connectivity index (χ0n) is 11.8. The smallest absolute Gasteiger partial charge is 0.354 e. The lowest BCUT2D eigenvalue weighted by molar-refractivity contribution is -0.138. The molecule has 0 unspecified atom stereocenters. The summed E-state index contributed by atoms with van der Waals surface area (Å²) < 4.78 is 22.8. The van der Waals surface area contributed by atoms with Crippen LogP contribution < -0.4 is 5.32 Å². The van der Waals surface area contributed by atoms with Gasteiger partial charge in [0.05, 0.1) is 20.3 Å². The third kappa shape index (κ3) is 3.81. The molecule has 1 aromatic carbocycles. The molecular formula is C15H16FNO4. The van der Waals surface area contributed by atoms with Crippen LogP contribution in [0.4, 0.5) is 10.1 Å². The van der Waals surface area contributed by atoms with Gasteiger partial charge in [-0.3, -0.25) is 0 Å². The number of halogens is 1. The first-order chi connectivity index (χ1) is 10.0. The van der Waals surface area contributed by atoms with Crippen LogP contribution in [-0.2, 0) is 19.1 Å². The highest BCUT2D eigenvalue weighted by molar-refractivity contribution is 5.98. The summed E-state index contributed by atoms with van der Waals surface area (Å²) in [6.45, 7) is 0. The Labute approximate surface area is 121 Å². The van der Waals surface area contributed by atoms with Crippen molar-refractivity contribution in [3.05, 3.63) is 41.4 Å². The fraction of sp³-hybridized carbons (Fsp3) is 0.333. The topological polar surface area (TPSA) is 64.6 Å². The number of ether oxygens (including phenoxy) is 2. The number of carbonyl (C=O) groups excluding carboxylic acids is 2. The molecule has 1 saturated carbocycles. The maximum absolute atomic E-state index is 13.7. The quantitative estimate of drug-likeness (QED) is 0.667. The van der Waals surface area contributed by atoms with E-state index in [9.17, 15) is 14.0 Å². The van der Waals surface area contributed by atoms with E-state index in [2.05, 4.69) is 14.8 Å². The molecule has 0 aliphatic heterocycles. The Bertz CT molecular complexity index is 593. The molecule has 1 aliphatic carbocycles. The van der Waals surface area contributed by atoms with Crippen LogP contribution in [0.1, 0.15) is 24.3 Å². The monoisotopic (exact) mass is 293 g/mol. The third-order valence-electron chi connectivity index (χ3n) is 3.16. The van der Waals surface area contributed by atoms with Crippen molar-refractivity contribution in [2.24, 2.45) is 0 Å². The Balaban J connectivity index is 2.24. The lowest BCUT2D eigenvalue weighted by Gasteiger charge is -2.11. The summed E-state index contributed by atoms with van der Waals surface area (Å²) in [4.78, 5) is 22.9. The lowest BCUT2D eigenvalue weighted by Crippen LogP contribution is -2.15. The van der Waals surface area contributed by atoms with Crippen molar-refractivity contribution in [1.29, 1.82) is 0 Å². The highest BCUT2D eigenvalue weighted by Crippen LogP contribution is 2.42. The molecule has 1 fully saturated rings. The Hall–Kier alpha value is -2.37. The molecule has 21 heavy (non-hydrogen) atoms. The van der Waals surface area contributed by atoms with Crippen LogP contribution in [-0.4, -0.2) is 26.2 Å². The first kappa shape index (κ1) is 15.0. The van der Waals surface area contributed by atoms with Gasteiger partial charge in [0.1, 0.15) is 11.5 Å². The van der Waals surface area contributed by atoms with Crippen LogP contribution in [0.25, 0.3) is 0 Å². The van der Waals surface area contributed by atoms with E-state index in [1.165, 1.54) is 26.4 Å². The van der Waals surface area contributed by atoms with Gasteiger partial charge in [-0.15, -0.1) is 0 Å². The van der Waals surface area contributed by atoms with E-state index in [0.29, 0.717) is 11.3 Å². The molecule has 1 aromatic rings. The molecule has 0 spiro atoms. The normalized spacial score (nSPS) is 14.5. The predicted molar refractivity (Wildman–Crippen MR) is 74.1 cm³/mol. The molecule has 1 N–H and O–H groups in total. The van der Waals surface area contributed by atoms with Crippen molar-refractivity contribution >= 4 is 17.6 Å². The van der Waals surface area contributed by atoms with Gasteiger partial charge in [-0.25, -0.2) is 14.0 Å². The van der Waals surface area contributed by atoms with E-state index in [0.717, 1.165) is 18.9 Å². The molecule has 5 nitrogen and oxygen atoms in total. The fourth-order valence-corrected chi connectivity index (χ4v) is 1.92. The van der Waals surface area contributed by atoms with E-state index in [-0.39, 0.29) is 17.4 Å². The van der Waals surface area contributed by atoms with E-state index in [1.807, 2.05) is 0 Å². The molecule has 0 atom stereocenters. The van der Waals surface area contributed by atoms with Crippen LogP contribution in [0, 0.1) is 5.82 Å². The first-order valence-corrected chi connectivity index (χ1v) is 6.49. The molecule has 6 heteroatoms. The number of hydrogen-bond acceptors (Lipinski definition) is 5. The number of methoxy groups -OCH3 is 2. The number of esters is 2. The largest absolute Gasteiger partial charge is 0.466 e. The molecule has 1 aliphatic rings. The van der Waals surface area contributed by atoms with Crippen molar-refractivity contribution in [1.82, 2.24) is 0 Å². The van der Waals surface area contributed by atoms with Crippen LogP contribution in [0.5, 0.6) is 0 Å². The average molecular weight is 293 g/mol. The third-order valence-corrected chi connectivity index (χ3v) is 3.16. The van der Waals surface area contributed by atoms with Crippen molar-refractivity contribution < 1.29 is 23.5 Å². The minimum absolute atomic E-state index is 0.0716. The molecule has 2 rings (SSSR count). The molecule has 0 saturated heterocycles. The highest BCUT2D eigenvalue weighted by Gasteiger charge is 2.26. The van der Waals surface area contributed by atoms with Crippen molar-refractivity contribution in [3.8, 4) is 0 Å². The van der Waals surface area contributed by atoms with E-state index >= 15 is 0 Å². The van der Waals surface area contributed by atoms with Gasteiger partial charge in [0.15, 0.2) is 0 Å². The van der Waals surface area contributed by atoms with E-state index < -0.39 is 11.9 Å². The number of rotatable bonds is 5. The summed E-state index contributed by atoms with van der Waals surface area (Å²) in [5.41, 5.74) is 1.05. The first-order valence-electron chi connectivity index (χ1n) is 6.49.